The molecule has 0 fully saturated rings. The molecule has 0 saturated heterocycles. The lowest BCUT2D eigenvalue weighted by Gasteiger charge is -2.20. The van der Waals surface area contributed by atoms with Crippen molar-refractivity contribution in [1.82, 2.24) is 15.1 Å². The molecule has 4 aromatic rings. The van der Waals surface area contributed by atoms with E-state index < -0.39 is 12.1 Å². The number of aromatic nitrogens is 2. The van der Waals surface area contributed by atoms with Crippen molar-refractivity contribution in [2.24, 2.45) is 0 Å². The van der Waals surface area contributed by atoms with Crippen molar-refractivity contribution in [1.29, 1.82) is 0 Å². The summed E-state index contributed by atoms with van der Waals surface area (Å²) in [5, 5.41) is 6.78. The van der Waals surface area contributed by atoms with Crippen molar-refractivity contribution in [3.63, 3.8) is 0 Å². The van der Waals surface area contributed by atoms with Crippen LogP contribution in [-0.4, -0.2) is 41.4 Å². The highest BCUT2D eigenvalue weighted by Gasteiger charge is 2.31. The number of benzene rings is 3. The fraction of sp³-hybridized carbons (Fsp3) is 0.179. The largest absolute Gasteiger partial charge is 0.489 e. The number of nitrogens with zero attached hydrogens (tertiary/aromatic N) is 3. The maximum absolute atomic E-state index is 13.5. The summed E-state index contributed by atoms with van der Waals surface area (Å²) in [5.74, 6) is 0.445. The van der Waals surface area contributed by atoms with Crippen LogP contribution in [0.5, 0.6) is 11.5 Å². The zero-order valence-corrected chi connectivity index (χ0v) is 20.1. The van der Waals surface area contributed by atoms with Crippen LogP contribution >= 0.6 is 0 Å². The van der Waals surface area contributed by atoms with Gasteiger partial charge in [-0.3, -0.25) is 4.79 Å². The number of carbonyl (C=O) groups is 2. The molecule has 0 aliphatic carbocycles. The molecule has 1 unspecified atom stereocenters. The monoisotopic (exact) mass is 500 g/mol. The maximum atomic E-state index is 13.5. The molecule has 2 amide bonds. The topological polar surface area (TPSA) is 85.7 Å². The van der Waals surface area contributed by atoms with E-state index in [1.807, 2.05) is 30.3 Å². The number of carbonyl (C=O) groups excluding carboxylic acids is 2. The first kappa shape index (κ1) is 24.1. The average molecular weight is 501 g/mol. The number of hydrogen-bond acceptors (Lipinski definition) is 5. The van der Waals surface area contributed by atoms with Gasteiger partial charge in [-0.25, -0.2) is 9.18 Å². The highest BCUT2D eigenvalue weighted by molar-refractivity contribution is 6.00. The highest BCUT2D eigenvalue weighted by Crippen LogP contribution is 2.34. The molecule has 9 heteroatoms. The van der Waals surface area contributed by atoms with Gasteiger partial charge in [0.05, 0.1) is 11.9 Å². The van der Waals surface area contributed by atoms with E-state index in [1.54, 1.807) is 43.6 Å². The smallest absolute Gasteiger partial charge is 0.342 e. The minimum absolute atomic E-state index is 0.0381. The van der Waals surface area contributed by atoms with Gasteiger partial charge < -0.3 is 19.7 Å². The average Bonchev–Trinajstić information content (AvgIpc) is 3.34. The van der Waals surface area contributed by atoms with Crippen LogP contribution in [0.3, 0.4) is 0 Å². The number of nitrogens with one attached hydrogen (secondary N) is 1. The van der Waals surface area contributed by atoms with Crippen LogP contribution in [0.15, 0.2) is 85.2 Å². The molecule has 3 aromatic carbocycles. The van der Waals surface area contributed by atoms with Crippen molar-refractivity contribution >= 4 is 17.6 Å². The predicted octanol–water partition coefficient (Wildman–Crippen LogP) is 4.17. The molecule has 0 radical (unpaired) electrons. The quantitative estimate of drug-likeness (QED) is 0.430. The molecule has 0 bridgehead atoms. The summed E-state index contributed by atoms with van der Waals surface area (Å²) in [7, 11) is 1.63. The molecule has 0 saturated carbocycles. The summed E-state index contributed by atoms with van der Waals surface area (Å²) in [5.41, 5.74) is 3.07. The van der Waals surface area contributed by atoms with Crippen LogP contribution in [0, 0.1) is 5.82 Å². The fourth-order valence-electron chi connectivity index (χ4n) is 4.07. The van der Waals surface area contributed by atoms with Crippen molar-refractivity contribution in [3.05, 3.63) is 108 Å². The van der Waals surface area contributed by atoms with Gasteiger partial charge in [0.15, 0.2) is 0 Å². The van der Waals surface area contributed by atoms with E-state index in [9.17, 15) is 14.0 Å². The Bertz CT molecular complexity index is 1420. The molecule has 1 aliphatic rings. The Labute approximate surface area is 213 Å². The summed E-state index contributed by atoms with van der Waals surface area (Å²) < 4.78 is 26.3. The van der Waals surface area contributed by atoms with Crippen LogP contribution in [0.25, 0.3) is 0 Å². The first-order valence-electron chi connectivity index (χ1n) is 11.8. The van der Waals surface area contributed by atoms with Crippen molar-refractivity contribution in [3.8, 4) is 11.5 Å². The van der Waals surface area contributed by atoms with Gasteiger partial charge in [0.25, 0.3) is 5.91 Å². The summed E-state index contributed by atoms with van der Waals surface area (Å²) >= 11 is 0. The van der Waals surface area contributed by atoms with Gasteiger partial charge in [0.1, 0.15) is 36.6 Å². The molecule has 1 atom stereocenters. The van der Waals surface area contributed by atoms with E-state index in [2.05, 4.69) is 10.4 Å². The zero-order chi connectivity index (χ0) is 25.8. The second kappa shape index (κ2) is 10.5. The second-order valence-corrected chi connectivity index (χ2v) is 8.71. The van der Waals surface area contributed by atoms with Crippen LogP contribution in [0.1, 0.15) is 16.7 Å². The Morgan fingerprint density at radius 2 is 1.89 bits per heavy atom. The molecule has 188 valence electrons. The molecule has 37 heavy (non-hydrogen) atoms. The van der Waals surface area contributed by atoms with E-state index in [0.717, 1.165) is 21.4 Å². The molecule has 1 N–H and O–H groups in total. The standard InChI is InChI=1S/C28H25FN4O4/c1-32-25-14-23(36-17-19-6-3-2-4-7-19)10-11-26(25)37-18-24(27(32)34)31-28(35)33-16-21(15-30-33)12-20-8-5-9-22(29)13-20/h2-11,13-16,24H,12,17-18H2,1H3,(H,31,35). The third-order valence-corrected chi connectivity index (χ3v) is 6.01. The number of amides is 2. The van der Waals surface area contributed by atoms with Crippen LogP contribution < -0.4 is 19.7 Å². The molecule has 1 aliphatic heterocycles. The summed E-state index contributed by atoms with van der Waals surface area (Å²) in [4.78, 5) is 27.4. The van der Waals surface area contributed by atoms with Gasteiger partial charge in [-0.05, 0) is 41.0 Å². The minimum atomic E-state index is -0.922. The Kier molecular flexibility index (Phi) is 6.85. The van der Waals surface area contributed by atoms with Crippen molar-refractivity contribution in [2.75, 3.05) is 18.6 Å². The normalized spacial score (nSPS) is 14.9. The molecular formula is C28H25FN4O4. The first-order valence-corrected chi connectivity index (χ1v) is 11.8. The van der Waals surface area contributed by atoms with E-state index in [1.165, 1.54) is 23.2 Å². The maximum Gasteiger partial charge on any atom is 0.342 e. The minimum Gasteiger partial charge on any atom is -0.489 e. The molecular weight excluding hydrogens is 475 g/mol. The van der Waals surface area contributed by atoms with E-state index in [0.29, 0.717) is 30.2 Å². The number of rotatable bonds is 6. The Morgan fingerprint density at radius 3 is 2.70 bits per heavy atom. The van der Waals surface area contributed by atoms with Crippen molar-refractivity contribution < 1.29 is 23.5 Å². The molecule has 5 rings (SSSR count). The van der Waals surface area contributed by atoms with Gasteiger partial charge in [-0.1, -0.05) is 42.5 Å². The summed E-state index contributed by atoms with van der Waals surface area (Å²) in [6.45, 7) is 0.353. The van der Waals surface area contributed by atoms with Gasteiger partial charge >= 0.3 is 6.03 Å². The van der Waals surface area contributed by atoms with Crippen LogP contribution in [0.2, 0.25) is 0 Å². The highest BCUT2D eigenvalue weighted by atomic mass is 19.1. The third-order valence-electron chi connectivity index (χ3n) is 6.01. The number of fused-ring (bicyclic) bond motifs is 1. The Hall–Kier alpha value is -4.66. The number of hydrogen-bond donors (Lipinski definition) is 1. The number of likely N-dealkylation sites (N-methyl/N-ethyl adjacent to an activating group) is 1. The van der Waals surface area contributed by atoms with Crippen LogP contribution in [0.4, 0.5) is 14.9 Å². The predicted molar refractivity (Wildman–Crippen MR) is 135 cm³/mol. The third kappa shape index (κ3) is 5.61. The zero-order valence-electron chi connectivity index (χ0n) is 20.1. The van der Waals surface area contributed by atoms with E-state index in [4.69, 9.17) is 9.47 Å². The molecule has 0 spiro atoms. The SMILES string of the molecule is CN1C(=O)C(NC(=O)n2cc(Cc3cccc(F)c3)cn2)COc2ccc(OCc3ccccc3)cc21. The first-order chi connectivity index (χ1) is 18.0. The molecule has 1 aromatic heterocycles. The Balaban J connectivity index is 1.23. The number of ether oxygens (including phenoxy) is 2. The number of anilines is 1. The van der Waals surface area contributed by atoms with Gasteiger partial charge in [0, 0.05) is 25.7 Å². The lowest BCUT2D eigenvalue weighted by Crippen LogP contribution is -2.50. The van der Waals surface area contributed by atoms with E-state index >= 15 is 0 Å². The Morgan fingerprint density at radius 1 is 1.08 bits per heavy atom. The summed E-state index contributed by atoms with van der Waals surface area (Å²) in [6.07, 6.45) is 3.51. The number of halogens is 1. The summed E-state index contributed by atoms with van der Waals surface area (Å²) in [6, 6.07) is 19.8. The van der Waals surface area contributed by atoms with Crippen molar-refractivity contribution in [2.45, 2.75) is 19.1 Å². The van der Waals surface area contributed by atoms with Gasteiger partial charge in [0.2, 0.25) is 0 Å². The fourth-order valence-corrected chi connectivity index (χ4v) is 4.07. The van der Waals surface area contributed by atoms with Gasteiger partial charge in [-0.2, -0.15) is 9.78 Å². The second-order valence-electron chi connectivity index (χ2n) is 8.71. The van der Waals surface area contributed by atoms with E-state index in [-0.39, 0.29) is 18.3 Å². The molecule has 2 heterocycles. The molecule has 8 nitrogen and oxygen atoms in total. The lowest BCUT2D eigenvalue weighted by molar-refractivity contribution is -0.120. The van der Waals surface area contributed by atoms with Crippen LogP contribution in [-0.2, 0) is 17.8 Å². The lowest BCUT2D eigenvalue weighted by atomic mass is 10.1. The van der Waals surface area contributed by atoms with Gasteiger partial charge in [-0.15, -0.1) is 0 Å².